The van der Waals surface area contributed by atoms with E-state index < -0.39 is 0 Å². The van der Waals surface area contributed by atoms with Crippen LogP contribution in [0.1, 0.15) is 6.42 Å². The molecule has 3 nitrogen and oxygen atoms in total. The molecule has 3 heteroatoms. The minimum Gasteiger partial charge on any atom is -0.381 e. The third-order valence-corrected chi connectivity index (χ3v) is 2.09. The van der Waals surface area contributed by atoms with E-state index in [2.05, 4.69) is 11.9 Å². The van der Waals surface area contributed by atoms with Crippen LogP contribution in [0.5, 0.6) is 0 Å². The first-order valence-corrected chi connectivity index (χ1v) is 4.90. The molecule has 0 amide bonds. The second-order valence-electron chi connectivity index (χ2n) is 3.30. The molecular weight excluding hydrogens is 166 g/mol. The fraction of sp³-hybridized carbons (Fsp3) is 0.800. The molecule has 0 saturated carbocycles. The highest BCUT2D eigenvalue weighted by molar-refractivity contribution is 4.69. The van der Waals surface area contributed by atoms with Crippen LogP contribution < -0.4 is 5.32 Å². The molecular formula is C10H19NO2. The molecule has 1 fully saturated rings. The molecule has 76 valence electrons. The summed E-state index contributed by atoms with van der Waals surface area (Å²) in [4.78, 5) is 0. The topological polar surface area (TPSA) is 30.5 Å². The molecule has 1 atom stereocenters. The number of ether oxygens (including phenoxy) is 2. The molecule has 13 heavy (non-hydrogen) atoms. The maximum Gasteiger partial charge on any atom is 0.0591 e. The lowest BCUT2D eigenvalue weighted by molar-refractivity contribution is 0.0918. The van der Waals surface area contributed by atoms with Crippen molar-refractivity contribution in [1.82, 2.24) is 5.32 Å². The van der Waals surface area contributed by atoms with Crippen LogP contribution >= 0.6 is 0 Å². The van der Waals surface area contributed by atoms with E-state index in [1.54, 1.807) is 0 Å². The lowest BCUT2D eigenvalue weighted by Gasteiger charge is -2.08. The molecule has 1 unspecified atom stereocenters. The van der Waals surface area contributed by atoms with Crippen LogP contribution in [0.15, 0.2) is 12.7 Å². The summed E-state index contributed by atoms with van der Waals surface area (Å²) in [5.74, 6) is 0.624. The Morgan fingerprint density at radius 1 is 1.62 bits per heavy atom. The zero-order valence-corrected chi connectivity index (χ0v) is 8.13. The van der Waals surface area contributed by atoms with Gasteiger partial charge in [-0.1, -0.05) is 6.08 Å². The van der Waals surface area contributed by atoms with Gasteiger partial charge in [0.05, 0.1) is 19.8 Å². The molecule has 1 N–H and O–H groups in total. The third-order valence-electron chi connectivity index (χ3n) is 2.09. The Balaban J connectivity index is 1.80. The van der Waals surface area contributed by atoms with E-state index >= 15 is 0 Å². The molecule has 0 aromatic heterocycles. The fourth-order valence-corrected chi connectivity index (χ4v) is 1.31. The van der Waals surface area contributed by atoms with Gasteiger partial charge in [0.1, 0.15) is 0 Å². The first kappa shape index (κ1) is 10.7. The second kappa shape index (κ2) is 7.06. The standard InChI is InChI=1S/C10H19NO2/c1-2-4-11-5-7-13-9-10-3-6-12-8-10/h2,10-11H,1,3-9H2. The Morgan fingerprint density at radius 3 is 3.23 bits per heavy atom. The van der Waals surface area contributed by atoms with Crippen LogP contribution in [0.2, 0.25) is 0 Å². The number of hydrogen-bond acceptors (Lipinski definition) is 3. The molecule has 0 aromatic rings. The van der Waals surface area contributed by atoms with Crippen molar-refractivity contribution in [2.75, 3.05) is 39.5 Å². The number of nitrogens with one attached hydrogen (secondary N) is 1. The van der Waals surface area contributed by atoms with E-state index in [9.17, 15) is 0 Å². The zero-order chi connectivity index (χ0) is 9.36. The van der Waals surface area contributed by atoms with Gasteiger partial charge in [-0.05, 0) is 6.42 Å². The average molecular weight is 185 g/mol. The van der Waals surface area contributed by atoms with E-state index in [0.29, 0.717) is 5.92 Å². The summed E-state index contributed by atoms with van der Waals surface area (Å²) in [5, 5.41) is 3.19. The van der Waals surface area contributed by atoms with Crippen LogP contribution in [0.3, 0.4) is 0 Å². The fourth-order valence-electron chi connectivity index (χ4n) is 1.31. The van der Waals surface area contributed by atoms with Crippen LogP contribution in [0.4, 0.5) is 0 Å². The Labute approximate surface area is 80.1 Å². The van der Waals surface area contributed by atoms with Crippen molar-refractivity contribution in [3.63, 3.8) is 0 Å². The highest BCUT2D eigenvalue weighted by Gasteiger charge is 2.14. The maximum absolute atomic E-state index is 5.49. The van der Waals surface area contributed by atoms with Gasteiger partial charge in [-0.2, -0.15) is 0 Å². The summed E-state index contributed by atoms with van der Waals surface area (Å²) >= 11 is 0. The summed E-state index contributed by atoms with van der Waals surface area (Å²) in [6.07, 6.45) is 3.00. The Kier molecular flexibility index (Phi) is 5.81. The van der Waals surface area contributed by atoms with Crippen molar-refractivity contribution in [2.24, 2.45) is 5.92 Å². The largest absolute Gasteiger partial charge is 0.381 e. The Bertz CT molecular complexity index is 133. The van der Waals surface area contributed by atoms with E-state index in [1.807, 2.05) is 6.08 Å². The van der Waals surface area contributed by atoms with Gasteiger partial charge in [-0.15, -0.1) is 6.58 Å². The van der Waals surface area contributed by atoms with Gasteiger partial charge in [-0.3, -0.25) is 0 Å². The third kappa shape index (κ3) is 5.03. The van der Waals surface area contributed by atoms with Crippen LogP contribution in [-0.2, 0) is 9.47 Å². The van der Waals surface area contributed by atoms with E-state index in [-0.39, 0.29) is 0 Å². The van der Waals surface area contributed by atoms with Crippen LogP contribution in [0.25, 0.3) is 0 Å². The second-order valence-corrected chi connectivity index (χ2v) is 3.30. The van der Waals surface area contributed by atoms with Crippen molar-refractivity contribution in [3.8, 4) is 0 Å². The van der Waals surface area contributed by atoms with Crippen LogP contribution in [-0.4, -0.2) is 39.5 Å². The molecule has 1 aliphatic rings. The lowest BCUT2D eigenvalue weighted by atomic mass is 10.1. The quantitative estimate of drug-likeness (QED) is 0.470. The summed E-state index contributed by atoms with van der Waals surface area (Å²) in [6, 6.07) is 0. The predicted molar refractivity (Wildman–Crippen MR) is 52.8 cm³/mol. The van der Waals surface area contributed by atoms with Gasteiger partial charge >= 0.3 is 0 Å². The molecule has 0 aromatic carbocycles. The van der Waals surface area contributed by atoms with Gasteiger partial charge < -0.3 is 14.8 Å². The summed E-state index contributed by atoms with van der Waals surface area (Å²) < 4.78 is 10.7. The van der Waals surface area contributed by atoms with Gasteiger partial charge in [-0.25, -0.2) is 0 Å². The Hall–Kier alpha value is -0.380. The summed E-state index contributed by atoms with van der Waals surface area (Å²) in [5.41, 5.74) is 0. The first-order valence-electron chi connectivity index (χ1n) is 4.90. The minimum absolute atomic E-state index is 0.624. The summed E-state index contributed by atoms with van der Waals surface area (Å²) in [6.45, 7) is 8.79. The van der Waals surface area contributed by atoms with Gasteiger partial charge in [0.15, 0.2) is 0 Å². The van der Waals surface area contributed by atoms with Gasteiger partial charge in [0.25, 0.3) is 0 Å². The molecule has 0 spiro atoms. The van der Waals surface area contributed by atoms with Gasteiger partial charge in [0, 0.05) is 25.6 Å². The average Bonchev–Trinajstić information content (AvgIpc) is 2.63. The first-order chi connectivity index (χ1) is 6.43. The van der Waals surface area contributed by atoms with E-state index in [1.165, 1.54) is 0 Å². The van der Waals surface area contributed by atoms with E-state index in [0.717, 1.165) is 45.9 Å². The Morgan fingerprint density at radius 2 is 2.54 bits per heavy atom. The monoisotopic (exact) mass is 185 g/mol. The molecule has 0 bridgehead atoms. The van der Waals surface area contributed by atoms with Crippen molar-refractivity contribution >= 4 is 0 Å². The normalized spacial score (nSPS) is 22.0. The van der Waals surface area contributed by atoms with Gasteiger partial charge in [0.2, 0.25) is 0 Å². The van der Waals surface area contributed by atoms with Crippen molar-refractivity contribution in [2.45, 2.75) is 6.42 Å². The van der Waals surface area contributed by atoms with Crippen molar-refractivity contribution in [1.29, 1.82) is 0 Å². The molecule has 0 aliphatic carbocycles. The highest BCUT2D eigenvalue weighted by Crippen LogP contribution is 2.11. The molecule has 1 aliphatic heterocycles. The molecule has 1 rings (SSSR count). The molecule has 0 radical (unpaired) electrons. The number of hydrogen-bond donors (Lipinski definition) is 1. The molecule has 1 heterocycles. The molecule has 1 saturated heterocycles. The van der Waals surface area contributed by atoms with Crippen molar-refractivity contribution in [3.05, 3.63) is 12.7 Å². The predicted octanol–water partition coefficient (Wildman–Crippen LogP) is 0.815. The lowest BCUT2D eigenvalue weighted by Crippen LogP contribution is -2.21. The maximum atomic E-state index is 5.49. The highest BCUT2D eigenvalue weighted by atomic mass is 16.5. The smallest absolute Gasteiger partial charge is 0.0591 e. The van der Waals surface area contributed by atoms with E-state index in [4.69, 9.17) is 9.47 Å². The minimum atomic E-state index is 0.624. The SMILES string of the molecule is C=CCNCCOCC1CCOC1. The summed E-state index contributed by atoms with van der Waals surface area (Å²) in [7, 11) is 0. The number of rotatable bonds is 7. The van der Waals surface area contributed by atoms with Crippen LogP contribution in [0, 0.1) is 5.92 Å². The van der Waals surface area contributed by atoms with Crippen molar-refractivity contribution < 1.29 is 9.47 Å². The zero-order valence-electron chi connectivity index (χ0n) is 8.13.